The van der Waals surface area contributed by atoms with Crippen molar-refractivity contribution in [3.8, 4) is 0 Å². The Kier molecular flexibility index (Phi) is 5.20. The highest BCUT2D eigenvalue weighted by Crippen LogP contribution is 2.16. The summed E-state index contributed by atoms with van der Waals surface area (Å²) in [5.74, 6) is 0.185. The fourth-order valence-corrected chi connectivity index (χ4v) is 2.05. The predicted molar refractivity (Wildman–Crippen MR) is 68.8 cm³/mol. The van der Waals surface area contributed by atoms with Gasteiger partial charge in [0.25, 0.3) is 0 Å². The van der Waals surface area contributed by atoms with Crippen LogP contribution < -0.4 is 0 Å². The number of thiol groups is 1. The summed E-state index contributed by atoms with van der Waals surface area (Å²) in [5.41, 5.74) is 2.17. The van der Waals surface area contributed by atoms with Crippen LogP contribution in [-0.4, -0.2) is 11.1 Å². The van der Waals surface area contributed by atoms with E-state index in [-0.39, 0.29) is 5.78 Å². The molecule has 0 aliphatic carbocycles. The largest absolute Gasteiger partial charge is 0.298 e. The van der Waals surface area contributed by atoms with E-state index in [2.05, 4.69) is 44.5 Å². The smallest absolute Gasteiger partial charge is 0.147 e. The number of halogens is 2. The number of hydrogen-bond acceptors (Lipinski definition) is 2. The lowest BCUT2D eigenvalue weighted by atomic mass is 10.1. The van der Waals surface area contributed by atoms with Crippen molar-refractivity contribution in [1.29, 1.82) is 0 Å². The number of carbonyl (C=O) groups excluding carboxylic acids is 1. The molecule has 76 valence electrons. The van der Waals surface area contributed by atoms with Gasteiger partial charge in [0.1, 0.15) is 5.78 Å². The van der Waals surface area contributed by atoms with Gasteiger partial charge in [-0.25, -0.2) is 0 Å². The highest BCUT2D eigenvalue weighted by atomic mass is 79.9. The maximum Gasteiger partial charge on any atom is 0.147 e. The first kappa shape index (κ1) is 12.3. The van der Waals surface area contributed by atoms with E-state index in [1.165, 1.54) is 0 Å². The zero-order valence-corrected chi connectivity index (χ0v) is 11.5. The summed E-state index contributed by atoms with van der Waals surface area (Å²) < 4.78 is 0. The average molecular weight is 338 g/mol. The molecule has 0 bridgehead atoms. The Balaban J connectivity index is 2.86. The summed E-state index contributed by atoms with van der Waals surface area (Å²) in [4.78, 5) is 12.1. The number of hydrogen-bond donors (Lipinski definition) is 1. The van der Waals surface area contributed by atoms with Gasteiger partial charge in [-0.15, -0.1) is 12.6 Å². The van der Waals surface area contributed by atoms with E-state index in [1.807, 2.05) is 18.2 Å². The lowest BCUT2D eigenvalue weighted by Gasteiger charge is -2.03. The Hall–Kier alpha value is 0.200. The second-order valence-corrected chi connectivity index (χ2v) is 4.63. The molecule has 0 fully saturated rings. The standard InChI is InChI=1S/C10H10Br2OS/c11-5-8-1-7(2-9(13)6-12)3-10(14)4-8/h1,3-4,14H,2,5-6H2. The van der Waals surface area contributed by atoms with Crippen molar-refractivity contribution in [2.75, 3.05) is 5.33 Å². The van der Waals surface area contributed by atoms with E-state index in [1.54, 1.807) is 0 Å². The predicted octanol–water partition coefficient (Wildman–Crippen LogP) is 3.38. The molecule has 0 amide bonds. The molecule has 0 aliphatic rings. The SMILES string of the molecule is O=C(CBr)Cc1cc(S)cc(CBr)c1. The third kappa shape index (κ3) is 3.75. The zero-order chi connectivity index (χ0) is 10.6. The molecule has 0 spiro atoms. The Bertz CT molecular complexity index is 339. The lowest BCUT2D eigenvalue weighted by Crippen LogP contribution is -2.03. The monoisotopic (exact) mass is 336 g/mol. The topological polar surface area (TPSA) is 17.1 Å². The maximum absolute atomic E-state index is 11.2. The van der Waals surface area contributed by atoms with Crippen LogP contribution in [0.4, 0.5) is 0 Å². The van der Waals surface area contributed by atoms with Crippen LogP contribution in [0.5, 0.6) is 0 Å². The van der Waals surface area contributed by atoms with Crippen LogP contribution in [-0.2, 0) is 16.5 Å². The molecule has 0 radical (unpaired) electrons. The fourth-order valence-electron chi connectivity index (χ4n) is 1.20. The van der Waals surface area contributed by atoms with Gasteiger partial charge in [0.05, 0.1) is 5.33 Å². The normalized spacial score (nSPS) is 10.2. The minimum atomic E-state index is 0.185. The molecule has 1 aromatic rings. The average Bonchev–Trinajstić information content (AvgIpc) is 2.16. The van der Waals surface area contributed by atoms with Crippen LogP contribution in [0.2, 0.25) is 0 Å². The molecule has 1 aromatic carbocycles. The van der Waals surface area contributed by atoms with Gasteiger partial charge >= 0.3 is 0 Å². The Morgan fingerprint density at radius 2 is 1.86 bits per heavy atom. The third-order valence-electron chi connectivity index (χ3n) is 1.74. The molecular formula is C10H10Br2OS. The second kappa shape index (κ2) is 5.93. The van der Waals surface area contributed by atoms with Gasteiger partial charge in [0, 0.05) is 16.6 Å². The number of alkyl halides is 2. The second-order valence-electron chi connectivity index (χ2n) is 2.99. The summed E-state index contributed by atoms with van der Waals surface area (Å²) in [6, 6.07) is 5.94. The molecule has 1 nitrogen and oxygen atoms in total. The van der Waals surface area contributed by atoms with E-state index < -0.39 is 0 Å². The van der Waals surface area contributed by atoms with Crippen molar-refractivity contribution in [1.82, 2.24) is 0 Å². The minimum absolute atomic E-state index is 0.185. The van der Waals surface area contributed by atoms with E-state index >= 15 is 0 Å². The third-order valence-corrected chi connectivity index (χ3v) is 3.27. The molecule has 0 unspecified atom stereocenters. The van der Waals surface area contributed by atoms with E-state index in [4.69, 9.17) is 0 Å². The maximum atomic E-state index is 11.2. The molecule has 0 atom stereocenters. The highest BCUT2D eigenvalue weighted by molar-refractivity contribution is 9.09. The van der Waals surface area contributed by atoms with Crippen LogP contribution >= 0.6 is 44.5 Å². The van der Waals surface area contributed by atoms with Gasteiger partial charge in [-0.1, -0.05) is 37.9 Å². The van der Waals surface area contributed by atoms with Crippen LogP contribution in [0.25, 0.3) is 0 Å². The van der Waals surface area contributed by atoms with Crippen molar-refractivity contribution in [2.24, 2.45) is 0 Å². The van der Waals surface area contributed by atoms with Gasteiger partial charge in [-0.05, 0) is 23.3 Å². The van der Waals surface area contributed by atoms with Gasteiger partial charge < -0.3 is 0 Å². The van der Waals surface area contributed by atoms with Crippen LogP contribution in [0, 0.1) is 0 Å². The molecule has 0 aromatic heterocycles. The first-order valence-corrected chi connectivity index (χ1v) is 6.80. The van der Waals surface area contributed by atoms with Crippen molar-refractivity contribution in [3.63, 3.8) is 0 Å². The lowest BCUT2D eigenvalue weighted by molar-refractivity contribution is -0.115. The molecular weight excluding hydrogens is 328 g/mol. The molecule has 0 saturated carbocycles. The number of ketones is 1. The van der Waals surface area contributed by atoms with Crippen molar-refractivity contribution in [2.45, 2.75) is 16.6 Å². The molecule has 0 saturated heterocycles. The summed E-state index contributed by atoms with van der Waals surface area (Å²) in [6.45, 7) is 0. The molecule has 4 heteroatoms. The number of carbonyl (C=O) groups is 1. The number of rotatable bonds is 4. The number of Topliss-reactive ketones (excluding diaryl/α,β-unsaturated/α-hetero) is 1. The Morgan fingerprint density at radius 1 is 1.21 bits per heavy atom. The van der Waals surface area contributed by atoms with Gasteiger partial charge in [0.2, 0.25) is 0 Å². The fraction of sp³-hybridized carbons (Fsp3) is 0.300. The summed E-state index contributed by atoms with van der Waals surface area (Å²) in [5, 5.41) is 1.20. The number of benzene rings is 1. The summed E-state index contributed by atoms with van der Waals surface area (Å²) >= 11 is 10.8. The van der Waals surface area contributed by atoms with Crippen molar-refractivity contribution < 1.29 is 4.79 Å². The quantitative estimate of drug-likeness (QED) is 0.658. The molecule has 14 heavy (non-hydrogen) atoms. The summed E-state index contributed by atoms with van der Waals surface area (Å²) in [7, 11) is 0. The van der Waals surface area contributed by atoms with Crippen molar-refractivity contribution >= 4 is 50.3 Å². The van der Waals surface area contributed by atoms with Crippen LogP contribution in [0.3, 0.4) is 0 Å². The summed E-state index contributed by atoms with van der Waals surface area (Å²) in [6.07, 6.45) is 0.472. The molecule has 0 N–H and O–H groups in total. The van der Waals surface area contributed by atoms with Crippen LogP contribution in [0.15, 0.2) is 23.1 Å². The Morgan fingerprint density at radius 3 is 2.43 bits per heavy atom. The minimum Gasteiger partial charge on any atom is -0.298 e. The first-order chi connectivity index (χ1) is 6.65. The van der Waals surface area contributed by atoms with E-state index in [9.17, 15) is 4.79 Å². The Labute approximate surface area is 106 Å². The van der Waals surface area contributed by atoms with E-state index in [0.717, 1.165) is 21.4 Å². The van der Waals surface area contributed by atoms with Gasteiger partial charge in [0.15, 0.2) is 0 Å². The molecule has 1 rings (SSSR count). The van der Waals surface area contributed by atoms with Gasteiger partial charge in [-0.3, -0.25) is 4.79 Å². The van der Waals surface area contributed by atoms with Gasteiger partial charge in [-0.2, -0.15) is 0 Å². The van der Waals surface area contributed by atoms with Crippen LogP contribution in [0.1, 0.15) is 11.1 Å². The molecule has 0 aliphatic heterocycles. The zero-order valence-electron chi connectivity index (χ0n) is 7.46. The first-order valence-electron chi connectivity index (χ1n) is 4.11. The molecule has 0 heterocycles. The highest BCUT2D eigenvalue weighted by Gasteiger charge is 2.03. The van der Waals surface area contributed by atoms with Crippen molar-refractivity contribution in [3.05, 3.63) is 29.3 Å². The van der Waals surface area contributed by atoms with E-state index in [0.29, 0.717) is 11.8 Å².